The first kappa shape index (κ1) is 23.0. The Hall–Kier alpha value is -3.19. The van der Waals surface area contributed by atoms with Crippen molar-refractivity contribution in [1.82, 2.24) is 5.32 Å². The zero-order valence-corrected chi connectivity index (χ0v) is 18.5. The van der Waals surface area contributed by atoms with E-state index >= 15 is 0 Å². The number of benzene rings is 3. The average Bonchev–Trinajstić information content (AvgIpc) is 3.16. The molecule has 0 radical (unpaired) electrons. The zero-order chi connectivity index (χ0) is 23.2. The predicted octanol–water partition coefficient (Wildman–Crippen LogP) is 3.51. The van der Waals surface area contributed by atoms with Crippen LogP contribution < -0.4 is 11.1 Å². The molecule has 4 rings (SSSR count). The fourth-order valence-corrected chi connectivity index (χ4v) is 4.54. The molecule has 0 fully saturated rings. The first-order chi connectivity index (χ1) is 16.1. The number of aliphatic hydroxyl groups excluding tert-OH is 2. The Morgan fingerprint density at radius 3 is 2.21 bits per heavy atom. The summed E-state index contributed by atoms with van der Waals surface area (Å²) in [5.41, 5.74) is 11.9. The van der Waals surface area contributed by atoms with Crippen molar-refractivity contribution in [3.63, 3.8) is 0 Å². The van der Waals surface area contributed by atoms with E-state index in [9.17, 15) is 15.0 Å². The van der Waals surface area contributed by atoms with Gasteiger partial charge in [0.2, 0.25) is 0 Å². The van der Waals surface area contributed by atoms with Crippen LogP contribution in [0.15, 0.2) is 72.8 Å². The van der Waals surface area contributed by atoms with Gasteiger partial charge in [0.25, 0.3) is 0 Å². The minimum Gasteiger partial charge on any atom is -0.449 e. The second-order valence-corrected chi connectivity index (χ2v) is 8.29. The number of aliphatic hydroxyl groups is 2. The highest BCUT2D eigenvalue weighted by atomic mass is 16.5. The van der Waals surface area contributed by atoms with Gasteiger partial charge in [0.1, 0.15) is 12.7 Å². The lowest BCUT2D eigenvalue weighted by atomic mass is 9.95. The topological polar surface area (TPSA) is 105 Å². The minimum absolute atomic E-state index is 0.00499. The van der Waals surface area contributed by atoms with Gasteiger partial charge in [0.05, 0.1) is 6.10 Å². The summed E-state index contributed by atoms with van der Waals surface area (Å²) in [6.45, 7) is 0.884. The standard InChI is InChI=1S/C27H30N2O4/c28-15-13-18-7-1-2-8-19(18)26(31)25(30)14-16-29-27(32)33-17-24-22-11-5-3-9-20(22)21-10-4-6-12-23(21)24/h1-12,24-26,30-31H,13-17,28H2,(H,29,32). The summed E-state index contributed by atoms with van der Waals surface area (Å²) in [7, 11) is 0. The Morgan fingerprint density at radius 2 is 1.55 bits per heavy atom. The number of rotatable bonds is 9. The average molecular weight is 447 g/mol. The third-order valence-corrected chi connectivity index (χ3v) is 6.20. The Morgan fingerprint density at radius 1 is 0.939 bits per heavy atom. The highest BCUT2D eigenvalue weighted by Gasteiger charge is 2.29. The SMILES string of the molecule is NCCc1ccccc1C(O)C(O)CCNC(=O)OCC1c2ccccc2-c2ccccc21. The van der Waals surface area contributed by atoms with Crippen molar-refractivity contribution >= 4 is 6.09 Å². The first-order valence-electron chi connectivity index (χ1n) is 11.3. The summed E-state index contributed by atoms with van der Waals surface area (Å²) in [4.78, 5) is 12.3. The molecular formula is C27H30N2O4. The van der Waals surface area contributed by atoms with Crippen LogP contribution in [0.25, 0.3) is 11.1 Å². The molecule has 33 heavy (non-hydrogen) atoms. The van der Waals surface area contributed by atoms with Crippen molar-refractivity contribution in [2.45, 2.75) is 31.0 Å². The van der Waals surface area contributed by atoms with Crippen LogP contribution in [-0.4, -0.2) is 42.1 Å². The fourth-order valence-electron chi connectivity index (χ4n) is 4.54. The van der Waals surface area contributed by atoms with Crippen molar-refractivity contribution in [3.8, 4) is 11.1 Å². The number of hydrogen-bond acceptors (Lipinski definition) is 5. The van der Waals surface area contributed by atoms with E-state index in [0.717, 1.165) is 16.7 Å². The molecule has 0 saturated heterocycles. The Labute approximate surface area is 194 Å². The van der Waals surface area contributed by atoms with Crippen molar-refractivity contribution in [2.75, 3.05) is 19.7 Å². The van der Waals surface area contributed by atoms with E-state index in [2.05, 4.69) is 29.6 Å². The zero-order valence-electron chi connectivity index (χ0n) is 18.5. The highest BCUT2D eigenvalue weighted by molar-refractivity contribution is 5.79. The molecule has 1 aliphatic carbocycles. The monoisotopic (exact) mass is 446 g/mol. The summed E-state index contributed by atoms with van der Waals surface area (Å²) in [6.07, 6.45) is -1.78. The molecule has 1 aliphatic rings. The molecule has 172 valence electrons. The number of carbonyl (C=O) groups excluding carboxylic acids is 1. The molecule has 0 heterocycles. The van der Waals surface area contributed by atoms with Gasteiger partial charge < -0.3 is 26.0 Å². The van der Waals surface area contributed by atoms with Gasteiger partial charge in [-0.25, -0.2) is 4.79 Å². The van der Waals surface area contributed by atoms with Gasteiger partial charge in [-0.3, -0.25) is 0 Å². The summed E-state index contributed by atoms with van der Waals surface area (Å²) in [6, 6.07) is 23.7. The summed E-state index contributed by atoms with van der Waals surface area (Å²) >= 11 is 0. The third kappa shape index (κ3) is 5.09. The van der Waals surface area contributed by atoms with Gasteiger partial charge in [-0.1, -0.05) is 72.8 Å². The van der Waals surface area contributed by atoms with Gasteiger partial charge in [-0.05, 0) is 52.8 Å². The smallest absolute Gasteiger partial charge is 0.407 e. The normalized spacial score (nSPS) is 14.3. The Balaban J connectivity index is 1.28. The van der Waals surface area contributed by atoms with E-state index in [-0.39, 0.29) is 25.5 Å². The van der Waals surface area contributed by atoms with Crippen molar-refractivity contribution in [1.29, 1.82) is 0 Å². The molecule has 6 heteroatoms. The molecule has 5 N–H and O–H groups in total. The van der Waals surface area contributed by atoms with Gasteiger partial charge in [-0.15, -0.1) is 0 Å². The number of hydrogen-bond donors (Lipinski definition) is 4. The molecule has 2 unspecified atom stereocenters. The molecule has 1 amide bonds. The Kier molecular flexibility index (Phi) is 7.40. The quantitative estimate of drug-likeness (QED) is 0.403. The maximum atomic E-state index is 12.3. The van der Waals surface area contributed by atoms with Gasteiger partial charge >= 0.3 is 6.09 Å². The molecule has 3 aromatic rings. The number of alkyl carbamates (subject to hydrolysis) is 1. The van der Waals surface area contributed by atoms with E-state index in [1.807, 2.05) is 42.5 Å². The maximum absolute atomic E-state index is 12.3. The maximum Gasteiger partial charge on any atom is 0.407 e. The first-order valence-corrected chi connectivity index (χ1v) is 11.3. The van der Waals surface area contributed by atoms with Gasteiger partial charge in [0, 0.05) is 12.5 Å². The third-order valence-electron chi connectivity index (χ3n) is 6.20. The van der Waals surface area contributed by atoms with Crippen molar-refractivity contribution in [2.24, 2.45) is 5.73 Å². The number of nitrogens with two attached hydrogens (primary N) is 1. The van der Waals surface area contributed by atoms with E-state index in [0.29, 0.717) is 18.5 Å². The van der Waals surface area contributed by atoms with Crippen LogP contribution in [0.4, 0.5) is 4.79 Å². The number of carbonyl (C=O) groups is 1. The number of amides is 1. The lowest BCUT2D eigenvalue weighted by molar-refractivity contribution is 0.0132. The van der Waals surface area contributed by atoms with E-state index in [4.69, 9.17) is 10.5 Å². The molecule has 2 atom stereocenters. The second-order valence-electron chi connectivity index (χ2n) is 8.29. The second kappa shape index (κ2) is 10.6. The number of ether oxygens (including phenoxy) is 1. The summed E-state index contributed by atoms with van der Waals surface area (Å²) in [5.74, 6) is -0.00499. The number of fused-ring (bicyclic) bond motifs is 3. The van der Waals surface area contributed by atoms with Gasteiger partial charge in [-0.2, -0.15) is 0 Å². The molecule has 0 aromatic heterocycles. The summed E-state index contributed by atoms with van der Waals surface area (Å²) < 4.78 is 5.51. The molecule has 6 nitrogen and oxygen atoms in total. The largest absolute Gasteiger partial charge is 0.449 e. The molecular weight excluding hydrogens is 416 g/mol. The Bertz CT molecular complexity index is 1060. The van der Waals surface area contributed by atoms with Crippen LogP contribution in [0.5, 0.6) is 0 Å². The molecule has 0 aliphatic heterocycles. The van der Waals surface area contributed by atoms with Crippen LogP contribution in [0.3, 0.4) is 0 Å². The van der Waals surface area contributed by atoms with E-state index in [1.54, 1.807) is 6.07 Å². The van der Waals surface area contributed by atoms with Crippen molar-refractivity contribution < 1.29 is 19.7 Å². The number of nitrogens with one attached hydrogen (secondary N) is 1. The highest BCUT2D eigenvalue weighted by Crippen LogP contribution is 2.44. The van der Waals surface area contributed by atoms with Crippen LogP contribution >= 0.6 is 0 Å². The molecule has 3 aromatic carbocycles. The summed E-state index contributed by atoms with van der Waals surface area (Å²) in [5, 5.41) is 23.7. The van der Waals surface area contributed by atoms with E-state index in [1.165, 1.54) is 11.1 Å². The van der Waals surface area contributed by atoms with Crippen LogP contribution in [0, 0.1) is 0 Å². The minimum atomic E-state index is -1.04. The van der Waals surface area contributed by atoms with E-state index < -0.39 is 18.3 Å². The lowest BCUT2D eigenvalue weighted by Crippen LogP contribution is -2.31. The molecule has 0 spiro atoms. The molecule has 0 saturated carbocycles. The van der Waals surface area contributed by atoms with Crippen LogP contribution in [0.2, 0.25) is 0 Å². The van der Waals surface area contributed by atoms with Crippen molar-refractivity contribution in [3.05, 3.63) is 95.1 Å². The van der Waals surface area contributed by atoms with Gasteiger partial charge in [0.15, 0.2) is 0 Å². The molecule has 0 bridgehead atoms. The van der Waals surface area contributed by atoms with Crippen LogP contribution in [0.1, 0.15) is 40.7 Å². The fraction of sp³-hybridized carbons (Fsp3) is 0.296. The lowest BCUT2D eigenvalue weighted by Gasteiger charge is -2.21. The predicted molar refractivity (Wildman–Crippen MR) is 128 cm³/mol. The van der Waals surface area contributed by atoms with Crippen LogP contribution in [-0.2, 0) is 11.2 Å².